The molecule has 12 aromatic rings. The van der Waals surface area contributed by atoms with Crippen molar-refractivity contribution in [1.82, 2.24) is 91.2 Å². The maximum absolute atomic E-state index is 11.6. The Bertz CT molecular complexity index is 9170. The molecule has 6 fully saturated rings. The highest BCUT2D eigenvalue weighted by Gasteiger charge is 2.29. The van der Waals surface area contributed by atoms with Crippen molar-refractivity contribution in [1.29, 1.82) is 0 Å². The molecule has 12 heterocycles. The van der Waals surface area contributed by atoms with Crippen LogP contribution in [0.25, 0.3) is 65.4 Å². The zero-order valence-corrected chi connectivity index (χ0v) is 68.0. The Hall–Kier alpha value is -12.1. The summed E-state index contributed by atoms with van der Waals surface area (Å²) in [4.78, 5) is 81.7. The number of benzene rings is 6. The third kappa shape index (κ3) is 26.5. The molecule has 30 nitrogen and oxygen atoms in total. The summed E-state index contributed by atoms with van der Waals surface area (Å²) < 4.78 is 561. The number of rotatable bonds is 30. The minimum absolute atomic E-state index is 0.00253. The molecule has 126 heavy (non-hydrogen) atoms. The van der Waals surface area contributed by atoms with Gasteiger partial charge in [-0.15, -0.1) is 0 Å². The smallest absolute Gasteiger partial charge is 0.407 e. The van der Waals surface area contributed by atoms with Gasteiger partial charge in [0.2, 0.25) is 0 Å². The molecule has 0 bridgehead atoms. The highest BCUT2D eigenvalue weighted by atomic mass is 16.6. The monoisotopic (exact) mass is 1790 g/mol. The first-order valence-corrected chi connectivity index (χ1v) is 37.9. The Labute approximate surface area is 829 Å². The van der Waals surface area contributed by atoms with Crippen molar-refractivity contribution in [2.24, 2.45) is 0 Å². The fourth-order valence-corrected chi connectivity index (χ4v) is 12.0. The summed E-state index contributed by atoms with van der Waals surface area (Å²) in [5, 5.41) is 6.70. The molecule has 0 saturated carbocycles. The fourth-order valence-electron chi connectivity index (χ4n) is 12.0. The molecule has 0 radical (unpaired) electrons. The number of nitrogens with zero attached hydrogens (tertiary/aromatic N) is 6. The van der Waals surface area contributed by atoms with Crippen LogP contribution in [0.2, 0.25) is 8.47 Å². The third-order valence-electron chi connectivity index (χ3n) is 17.9. The van der Waals surface area contributed by atoms with E-state index in [4.69, 9.17) is 119 Å². The summed E-state index contributed by atoms with van der Waals surface area (Å²) >= 11 is 0. The van der Waals surface area contributed by atoms with Crippen LogP contribution in [0.15, 0.2) is 146 Å². The maximum Gasteiger partial charge on any atom is 0.407 e. The Morgan fingerprint density at radius 1 is 0.317 bits per heavy atom. The van der Waals surface area contributed by atoms with Gasteiger partial charge in [0.05, 0.1) is 77.2 Å². The van der Waals surface area contributed by atoms with Crippen molar-refractivity contribution in [3.63, 3.8) is 0 Å². The summed E-state index contributed by atoms with van der Waals surface area (Å²) in [6.45, 7) is -30.7. The number of nitrogens with one attached hydrogen (secondary N) is 12. The average molecular weight is 1790 g/mol. The number of hydrogen-bond acceptors (Lipinski definition) is 18. The van der Waals surface area contributed by atoms with E-state index in [2.05, 4.69) is 30.9 Å². The number of aromatic amines is 6. The van der Waals surface area contributed by atoms with E-state index in [-0.39, 0.29) is 196 Å². The second kappa shape index (κ2) is 43.7. The van der Waals surface area contributed by atoms with Gasteiger partial charge in [0.25, 0.3) is 0 Å². The number of amides is 6. The van der Waals surface area contributed by atoms with Gasteiger partial charge in [-0.05, 0) is 300 Å². The Morgan fingerprint density at radius 3 is 0.857 bits per heavy atom. The topological polar surface area (TPSA) is 344 Å². The number of H-pyrrole nitrogens is 6. The maximum atomic E-state index is 11.6. The van der Waals surface area contributed by atoms with Gasteiger partial charge in [-0.1, -0.05) is 36.3 Å². The molecular formula is C96H126N18O12. The van der Waals surface area contributed by atoms with Gasteiger partial charge in [0.15, 0.2) is 8.47 Å². The number of alkyl carbamates (subject to hydrolysis) is 6. The molecule has 672 valence electrons. The molecular weight excluding hydrogens is 1600 g/mol. The van der Waals surface area contributed by atoms with Crippen molar-refractivity contribution in [3.05, 3.63) is 213 Å². The highest BCUT2D eigenvalue weighted by molar-refractivity contribution is 5.88. The molecule has 6 saturated heterocycles. The molecule has 6 atom stereocenters. The van der Waals surface area contributed by atoms with E-state index in [9.17, 15) is 28.8 Å². The van der Waals surface area contributed by atoms with Gasteiger partial charge in [0.1, 0.15) is 39.6 Å². The molecule has 6 aromatic heterocycles. The lowest BCUT2D eigenvalue weighted by Crippen LogP contribution is -2.28. The van der Waals surface area contributed by atoms with Gasteiger partial charge in [-0.3, -0.25) is 0 Å². The average Bonchev–Trinajstić information content (AvgIpc) is 1.51. The van der Waals surface area contributed by atoms with Crippen LogP contribution < -0.4 is 31.9 Å². The Morgan fingerprint density at radius 2 is 0.579 bits per heavy atom. The largest absolute Gasteiger partial charge is 0.447 e. The Balaban J connectivity index is 0.000000186. The molecule has 6 aliphatic rings. The number of carbonyl (C=O) groups excluding carboxylic acids is 6. The molecule has 0 aliphatic carbocycles. The second-order valence-corrected chi connectivity index (χ2v) is 28.3. The quantitative estimate of drug-likeness (QED) is 0.0186. The van der Waals surface area contributed by atoms with Crippen molar-refractivity contribution in [3.8, 4) is 0 Å². The summed E-state index contributed by atoms with van der Waals surface area (Å²) in [6, 6.07) is -19.0. The van der Waals surface area contributed by atoms with Gasteiger partial charge >= 0.3 is 36.6 Å². The zero-order valence-electron chi connectivity index (χ0n) is 134. The summed E-state index contributed by atoms with van der Waals surface area (Å²) in [5.41, 5.74) is -3.61. The van der Waals surface area contributed by atoms with Gasteiger partial charge in [-0.25, -0.2) is 28.8 Å². The number of carbonyl (C=O) groups is 6. The van der Waals surface area contributed by atoms with E-state index in [0.717, 1.165) is 21.8 Å². The molecule has 6 aromatic carbocycles. The standard InChI is InChI=1S/6C16H21N3O2/c6*1-19(2)6-5-12-9-17-15-4-3-11(8-14(12)15)7-13-10-21-16(20)18-13/h6*3-4,8-9,13,17H,5-7,10H2,1-2H3,(H,18,20)/t6*13-/m000000/s1/i1D3,2D3,3D,4D,5D2,6D2,8D,9D,13D;1D3,3D,4D,5D2,6D2,8D,9D,13D;3D,4D,5D2,6D2,8D,9D,13D;1D3,2D3,3D,4D,8D,9D,13D;1D3,3D,4D,8D,9D,13D;3D,4D,8D,9D,13D/hD6. The molecule has 6 aliphatic heterocycles. The molecule has 0 unspecified atom stereocenters. The molecule has 6 amide bonds. The van der Waals surface area contributed by atoms with Crippen LogP contribution in [-0.4, -0.2) is 295 Å². The fraction of sp³-hybridized carbons (Fsp3) is 0.438. The minimum atomic E-state index is -3.80. The van der Waals surface area contributed by atoms with Crippen LogP contribution >= 0.6 is 0 Å². The molecule has 0 spiro atoms. The van der Waals surface area contributed by atoms with Crippen molar-refractivity contribution >= 4 is 102 Å². The van der Waals surface area contributed by atoms with Crippen LogP contribution in [-0.2, 0) is 105 Å². The molecule has 12 N–H and O–H groups in total. The van der Waals surface area contributed by atoms with E-state index in [1.165, 1.54) is 21.1 Å². The SMILES string of the molecule is [2H]c1[nH]c2c([2H])c([2H])c(C[C@@]3([2H])COC(=O)N3)c([2H])c2c1C([2H])([2H])C([2H])([2H])N(C([2H])([2H])[2H])C([2H])([2H])[2H].[2H]c1[nH]c2c([2H])c([2H])c(C[C@@]3([2H])COC(=O)N3)c([2H])c2c1C([2H])([2H])C([2H])([2H])N(C)C.[2H]c1[nH]c2c([2H])c([2H])c(C[C@@]3([2H])COC(=O)N3)c([2H])c2c1C([2H])([2H])C([2H])([2H])N(C)C([2H])([2H])[2H].[2H]c1c(C[C@@]2([2H])COC(=O)N2[2H])c([2H])c2c(CCN(C([2H])([2H])[2H])C([2H])([2H])[2H])c([2H])n([2H])c2c1[2H].[2H]c1c(C[C@@]2([2H])COC(=O)N2[2H])c([2H])c2c(CCN(C)C([2H])([2H])[2H])c([2H])n([2H])c2c1[2H].[2H]c1c(C[C@@]2([2H])COC(=O)N2[2H])c([2H])c2c(CCN(C)C)c([2H])n([2H])c2c1[2H]. The van der Waals surface area contributed by atoms with E-state index >= 15 is 0 Å². The number of hydrogen-bond donors (Lipinski definition) is 12. The van der Waals surface area contributed by atoms with Crippen molar-refractivity contribution in [2.45, 2.75) is 113 Å². The third-order valence-corrected chi connectivity index (χ3v) is 17.9. The van der Waals surface area contributed by atoms with E-state index in [0.29, 0.717) is 39.1 Å². The van der Waals surface area contributed by atoms with Crippen LogP contribution in [0.3, 0.4) is 0 Å². The van der Waals surface area contributed by atoms with E-state index < -0.39 is 354 Å². The number of aryl methyl sites for hydroxylation is 3. The number of fused-ring (bicyclic) bond motifs is 6. The lowest BCUT2D eigenvalue weighted by molar-refractivity contribution is 0.176. The Kier molecular flexibility index (Phi) is 13.7. The van der Waals surface area contributed by atoms with Gasteiger partial charge in [-0.2, -0.15) is 0 Å². The number of likely N-dealkylation sites (N-methyl/N-ethyl adjacent to an activating group) is 6. The number of ether oxygens (including phenoxy) is 6. The van der Waals surface area contributed by atoms with Crippen LogP contribution in [0.5, 0.6) is 0 Å². The molecule has 18 rings (SSSR count). The summed E-state index contributed by atoms with van der Waals surface area (Å²) in [6.07, 6.45) is -20.8. The first-order valence-electron chi connectivity index (χ1n) is 70.6. The normalized spacial score (nSPS) is 30.8. The van der Waals surface area contributed by atoms with Crippen LogP contribution in [0.4, 0.5) is 28.8 Å². The second-order valence-electron chi connectivity index (χ2n) is 28.3. The minimum Gasteiger partial charge on any atom is -0.447 e. The lowest BCUT2D eigenvalue weighted by Gasteiger charge is -2.09. The van der Waals surface area contributed by atoms with E-state index in [1.807, 2.05) is 19.0 Å². The number of cyclic esters (lactones) is 6. The van der Waals surface area contributed by atoms with Gasteiger partial charge in [0, 0.05) is 183 Å². The summed E-state index contributed by atoms with van der Waals surface area (Å²) in [7, 11) is 8.64. The van der Waals surface area contributed by atoms with E-state index in [1.54, 1.807) is 0 Å². The molecule has 30 heteroatoms. The first kappa shape index (κ1) is 39.4. The highest BCUT2D eigenvalue weighted by Crippen LogP contribution is 2.29. The first-order chi connectivity index (χ1) is 87.2. The number of aromatic nitrogens is 6. The summed E-state index contributed by atoms with van der Waals surface area (Å²) in [5.74, 6) is 0. The predicted molar refractivity (Wildman–Crippen MR) is 495 cm³/mol. The predicted octanol–water partition coefficient (Wildman–Crippen LogP) is 11.5. The van der Waals surface area contributed by atoms with Crippen molar-refractivity contribution < 1.29 is 148 Å². The van der Waals surface area contributed by atoms with Crippen molar-refractivity contribution in [2.75, 3.05) is 163 Å². The lowest BCUT2D eigenvalue weighted by atomic mass is 10.0. The van der Waals surface area contributed by atoms with Crippen LogP contribution in [0.1, 0.15) is 149 Å². The zero-order chi connectivity index (χ0) is 146. The van der Waals surface area contributed by atoms with Gasteiger partial charge < -0.3 is 120 Å². The van der Waals surface area contributed by atoms with Crippen LogP contribution in [0, 0.1) is 0 Å².